The number of amides is 1. The molecule has 0 saturated carbocycles. The number of esters is 1. The van der Waals surface area contributed by atoms with Crippen molar-refractivity contribution < 1.29 is 28.5 Å². The topological polar surface area (TPSA) is 95.4 Å². The van der Waals surface area contributed by atoms with Gasteiger partial charge in [0.05, 0.1) is 33.0 Å². The van der Waals surface area contributed by atoms with Crippen LogP contribution in [0, 0.1) is 6.92 Å². The smallest absolute Gasteiger partial charge is 0.342 e. The third-order valence-electron chi connectivity index (χ3n) is 8.19. The van der Waals surface area contributed by atoms with E-state index in [0.717, 1.165) is 55.4 Å². The van der Waals surface area contributed by atoms with Crippen LogP contribution in [0.3, 0.4) is 0 Å². The third kappa shape index (κ3) is 7.57. The molecule has 3 aromatic rings. The molecule has 0 atom stereocenters. The van der Waals surface area contributed by atoms with Crippen LogP contribution in [0.5, 0.6) is 11.5 Å². The fourth-order valence-electron chi connectivity index (χ4n) is 5.90. The zero-order valence-electron chi connectivity index (χ0n) is 27.2. The van der Waals surface area contributed by atoms with Crippen molar-refractivity contribution in [1.29, 1.82) is 0 Å². The molecule has 1 saturated heterocycles. The fourth-order valence-corrected chi connectivity index (χ4v) is 5.90. The van der Waals surface area contributed by atoms with Crippen LogP contribution in [-0.2, 0) is 26.2 Å². The monoisotopic (exact) mass is 616 g/mol. The molecule has 5 rings (SSSR count). The average Bonchev–Trinajstić information content (AvgIpc) is 3.29. The summed E-state index contributed by atoms with van der Waals surface area (Å²) in [5.74, 6) is 0.756. The normalized spacial score (nSPS) is 16.5. The van der Waals surface area contributed by atoms with E-state index < -0.39 is 11.4 Å². The van der Waals surface area contributed by atoms with Gasteiger partial charge in [-0.2, -0.15) is 5.10 Å². The number of benzene rings is 2. The first kappa shape index (κ1) is 32.2. The number of rotatable bonds is 10. The van der Waals surface area contributed by atoms with Crippen molar-refractivity contribution in [3.63, 3.8) is 0 Å². The Morgan fingerprint density at radius 3 is 2.31 bits per heavy atom. The van der Waals surface area contributed by atoms with Crippen LogP contribution >= 0.6 is 0 Å². The Balaban J connectivity index is 1.40. The molecule has 2 aliphatic rings. The lowest BCUT2D eigenvalue weighted by molar-refractivity contribution is -0.140. The van der Waals surface area contributed by atoms with Gasteiger partial charge in [-0.25, -0.2) is 4.79 Å². The van der Waals surface area contributed by atoms with Crippen LogP contribution in [0.1, 0.15) is 60.6 Å². The third-order valence-corrected chi connectivity index (χ3v) is 8.19. The van der Waals surface area contributed by atoms with Gasteiger partial charge in [0, 0.05) is 54.6 Å². The van der Waals surface area contributed by atoms with Crippen molar-refractivity contribution in [2.45, 2.75) is 52.7 Å². The summed E-state index contributed by atoms with van der Waals surface area (Å²) in [6.07, 6.45) is 1.28. The number of fused-ring (bicyclic) bond motifs is 1. The number of carbonyl (C=O) groups excluding carboxylic acids is 2. The minimum Gasteiger partial charge on any atom is -0.497 e. The molecule has 10 heteroatoms. The second kappa shape index (κ2) is 13.9. The van der Waals surface area contributed by atoms with Crippen LogP contribution in [0.2, 0.25) is 0 Å². The van der Waals surface area contributed by atoms with E-state index in [0.29, 0.717) is 36.7 Å². The average molecular weight is 617 g/mol. The van der Waals surface area contributed by atoms with Gasteiger partial charge in [-0.3, -0.25) is 14.4 Å². The van der Waals surface area contributed by atoms with Crippen LogP contribution in [0.4, 0.5) is 0 Å². The summed E-state index contributed by atoms with van der Waals surface area (Å²) in [5.41, 5.74) is 3.68. The summed E-state index contributed by atoms with van der Waals surface area (Å²) in [6.45, 7) is 15.4. The lowest BCUT2D eigenvalue weighted by Crippen LogP contribution is -2.38. The molecule has 240 valence electrons. The molecular formula is C35H44N4O6. The first-order chi connectivity index (χ1) is 21.6. The predicted octanol–water partition coefficient (Wildman–Crippen LogP) is 4.69. The van der Waals surface area contributed by atoms with Gasteiger partial charge in [-0.15, -0.1) is 0 Å². The van der Waals surface area contributed by atoms with E-state index in [1.165, 1.54) is 0 Å². The lowest BCUT2D eigenvalue weighted by Gasteiger charge is -2.30. The number of hydrogen-bond donors (Lipinski definition) is 0. The molecule has 10 nitrogen and oxygen atoms in total. The van der Waals surface area contributed by atoms with Crippen LogP contribution < -0.4 is 9.47 Å². The molecule has 0 unspecified atom stereocenters. The Kier molecular flexibility index (Phi) is 9.94. The second-order valence-corrected chi connectivity index (χ2v) is 12.5. The van der Waals surface area contributed by atoms with Gasteiger partial charge in [0.2, 0.25) is 0 Å². The second-order valence-electron chi connectivity index (χ2n) is 12.5. The zero-order valence-corrected chi connectivity index (χ0v) is 27.2. The van der Waals surface area contributed by atoms with Gasteiger partial charge >= 0.3 is 5.97 Å². The molecule has 1 amide bonds. The maximum absolute atomic E-state index is 13.9. The van der Waals surface area contributed by atoms with Crippen molar-refractivity contribution in [3.8, 4) is 11.5 Å². The van der Waals surface area contributed by atoms with Gasteiger partial charge < -0.3 is 23.8 Å². The molecule has 0 radical (unpaired) electrons. The number of morpholine rings is 1. The van der Waals surface area contributed by atoms with E-state index in [-0.39, 0.29) is 17.6 Å². The highest BCUT2D eigenvalue weighted by atomic mass is 16.5. The van der Waals surface area contributed by atoms with Gasteiger partial charge in [-0.1, -0.05) is 26.0 Å². The molecule has 2 aliphatic heterocycles. The van der Waals surface area contributed by atoms with Crippen LogP contribution in [-0.4, -0.2) is 90.7 Å². The van der Waals surface area contributed by atoms with E-state index in [1.54, 1.807) is 44.2 Å². The first-order valence-electron chi connectivity index (χ1n) is 15.5. The Hall–Kier alpha value is -4.15. The van der Waals surface area contributed by atoms with E-state index in [9.17, 15) is 9.59 Å². The summed E-state index contributed by atoms with van der Waals surface area (Å²) in [5, 5.41) is 4.95. The molecule has 3 heterocycles. The van der Waals surface area contributed by atoms with Crippen molar-refractivity contribution in [1.82, 2.24) is 19.6 Å². The van der Waals surface area contributed by atoms with E-state index in [1.807, 2.05) is 48.0 Å². The lowest BCUT2D eigenvalue weighted by atomic mass is 9.82. The van der Waals surface area contributed by atoms with Crippen LogP contribution in [0.15, 0.2) is 54.7 Å². The maximum Gasteiger partial charge on any atom is 0.342 e. The number of nitrogens with zero attached hydrogens (tertiary/aromatic N) is 4. The number of carbonyl (C=O) groups is 2. The van der Waals surface area contributed by atoms with E-state index >= 15 is 0 Å². The maximum atomic E-state index is 13.9. The van der Waals surface area contributed by atoms with Gasteiger partial charge in [0.25, 0.3) is 5.91 Å². The highest BCUT2D eigenvalue weighted by molar-refractivity contribution is 6.17. The largest absolute Gasteiger partial charge is 0.497 e. The number of methoxy groups -OCH3 is 1. The Morgan fingerprint density at radius 2 is 1.67 bits per heavy atom. The molecule has 0 spiro atoms. The number of ether oxygens (including phenoxy) is 4. The van der Waals surface area contributed by atoms with Crippen molar-refractivity contribution in [3.05, 3.63) is 82.8 Å². The molecule has 0 aliphatic carbocycles. The van der Waals surface area contributed by atoms with Crippen molar-refractivity contribution >= 4 is 17.4 Å². The Bertz CT molecular complexity index is 1520. The summed E-state index contributed by atoms with van der Waals surface area (Å²) >= 11 is 0. The van der Waals surface area contributed by atoms with Crippen molar-refractivity contribution in [2.24, 2.45) is 0 Å². The molecule has 2 aromatic carbocycles. The van der Waals surface area contributed by atoms with Crippen molar-refractivity contribution in [2.75, 3.05) is 53.1 Å². The van der Waals surface area contributed by atoms with Gasteiger partial charge in [0.15, 0.2) is 0 Å². The van der Waals surface area contributed by atoms with E-state index in [2.05, 4.69) is 18.7 Å². The van der Waals surface area contributed by atoms with E-state index in [4.69, 9.17) is 24.0 Å². The SMILES string of the molecule is COc1ccc(Cn2nc3c(c2C)C(C)(C)CN(C(=O)c2ccc(OCCN4CCOCC4)cc2)C=C3C(=O)OC(C)C)cc1. The summed E-state index contributed by atoms with van der Waals surface area (Å²) in [7, 11) is 1.64. The Morgan fingerprint density at radius 1 is 1.00 bits per heavy atom. The minimum absolute atomic E-state index is 0.216. The summed E-state index contributed by atoms with van der Waals surface area (Å²) in [6, 6.07) is 15.0. The molecule has 1 aromatic heterocycles. The number of hydrogen-bond acceptors (Lipinski definition) is 8. The predicted molar refractivity (Wildman–Crippen MR) is 172 cm³/mol. The van der Waals surface area contributed by atoms with Gasteiger partial charge in [0.1, 0.15) is 29.4 Å². The quantitative estimate of drug-likeness (QED) is 0.303. The molecule has 0 bridgehead atoms. The standard InChI is InChI=1S/C35H44N4O6/c1-24(2)45-34(41)30-22-38(33(40)27-9-13-29(14-10-27)44-20-17-37-15-18-43-19-16-37)23-35(4,5)31-25(3)39(36-32(30)31)21-26-7-11-28(42-6)12-8-26/h7-14,22,24H,15-21,23H2,1-6H3. The summed E-state index contributed by atoms with van der Waals surface area (Å²) in [4.78, 5) is 31.4. The molecule has 0 N–H and O–H groups in total. The van der Waals surface area contributed by atoms with Gasteiger partial charge in [-0.05, 0) is 62.7 Å². The minimum atomic E-state index is -0.522. The highest BCUT2D eigenvalue weighted by Crippen LogP contribution is 2.38. The van der Waals surface area contributed by atoms with Crippen LogP contribution in [0.25, 0.3) is 5.57 Å². The zero-order chi connectivity index (χ0) is 32.1. The molecular weight excluding hydrogens is 572 g/mol. The Labute approximate surface area is 265 Å². The molecule has 1 fully saturated rings. The summed E-state index contributed by atoms with van der Waals surface area (Å²) < 4.78 is 24.2. The fraction of sp³-hybridized carbons (Fsp3) is 0.457. The molecule has 45 heavy (non-hydrogen) atoms. The first-order valence-corrected chi connectivity index (χ1v) is 15.5. The number of aromatic nitrogens is 2. The highest BCUT2D eigenvalue weighted by Gasteiger charge is 2.39.